The number of carbonyl (C=O) groups excluding carboxylic acids is 1. The minimum Gasteiger partial charge on any atom is -0.497 e. The fourth-order valence-corrected chi connectivity index (χ4v) is 1.58. The number of benzene rings is 1. The highest BCUT2D eigenvalue weighted by atomic mass is 16.5. The van der Waals surface area contributed by atoms with Crippen LogP contribution in [-0.2, 0) is 11.3 Å². The zero-order valence-corrected chi connectivity index (χ0v) is 11.9. The fourth-order valence-electron chi connectivity index (χ4n) is 1.58. The van der Waals surface area contributed by atoms with Crippen LogP contribution in [0, 0.1) is 5.92 Å². The Hall–Kier alpha value is -2.24. The van der Waals surface area contributed by atoms with Crippen LogP contribution in [0.1, 0.15) is 12.5 Å². The minimum atomic E-state index is -0.930. The molecular formula is C14H20N2O4. The van der Waals surface area contributed by atoms with Crippen molar-refractivity contribution in [2.24, 2.45) is 5.92 Å². The molecular weight excluding hydrogens is 260 g/mol. The Morgan fingerprint density at radius 1 is 1.45 bits per heavy atom. The summed E-state index contributed by atoms with van der Waals surface area (Å²) in [5.74, 6) is -0.805. The summed E-state index contributed by atoms with van der Waals surface area (Å²) in [6.07, 6.45) is 0. The van der Waals surface area contributed by atoms with Crippen LogP contribution in [-0.4, -0.2) is 42.7 Å². The number of methoxy groups -OCH3 is 1. The second kappa shape index (κ2) is 7.37. The summed E-state index contributed by atoms with van der Waals surface area (Å²) in [7, 11) is 3.24. The summed E-state index contributed by atoms with van der Waals surface area (Å²) in [6, 6.07) is 7.13. The first-order chi connectivity index (χ1) is 9.43. The van der Waals surface area contributed by atoms with Crippen molar-refractivity contribution in [3.63, 3.8) is 0 Å². The van der Waals surface area contributed by atoms with E-state index in [0.29, 0.717) is 6.54 Å². The van der Waals surface area contributed by atoms with Crippen LogP contribution in [0.2, 0.25) is 0 Å². The van der Waals surface area contributed by atoms with E-state index in [0.717, 1.165) is 11.3 Å². The van der Waals surface area contributed by atoms with Crippen LogP contribution in [0.3, 0.4) is 0 Å². The van der Waals surface area contributed by atoms with Crippen molar-refractivity contribution in [3.05, 3.63) is 29.8 Å². The molecule has 0 aliphatic carbocycles. The number of rotatable bonds is 6. The van der Waals surface area contributed by atoms with Gasteiger partial charge in [0.2, 0.25) is 0 Å². The summed E-state index contributed by atoms with van der Waals surface area (Å²) in [5.41, 5.74) is 0.938. The van der Waals surface area contributed by atoms with E-state index in [1.165, 1.54) is 4.90 Å². The molecule has 2 N–H and O–H groups in total. The van der Waals surface area contributed by atoms with Gasteiger partial charge in [0.1, 0.15) is 5.75 Å². The van der Waals surface area contributed by atoms with Gasteiger partial charge in [0.25, 0.3) is 0 Å². The average molecular weight is 280 g/mol. The molecule has 110 valence electrons. The molecule has 0 bridgehead atoms. The number of hydrogen-bond donors (Lipinski definition) is 2. The van der Waals surface area contributed by atoms with Gasteiger partial charge in [-0.05, 0) is 17.7 Å². The molecule has 1 atom stereocenters. The van der Waals surface area contributed by atoms with Crippen molar-refractivity contribution in [1.82, 2.24) is 10.2 Å². The van der Waals surface area contributed by atoms with E-state index in [2.05, 4.69) is 5.32 Å². The van der Waals surface area contributed by atoms with Gasteiger partial charge in [-0.3, -0.25) is 4.79 Å². The first-order valence-corrected chi connectivity index (χ1v) is 6.28. The molecule has 0 fully saturated rings. The molecule has 1 unspecified atom stereocenters. The maximum atomic E-state index is 11.8. The van der Waals surface area contributed by atoms with Crippen LogP contribution < -0.4 is 10.1 Å². The molecule has 0 radical (unpaired) electrons. The standard InChI is InChI=1S/C14H20N2O4/c1-10(13(17)18)8-15-14(19)16(2)9-11-5-4-6-12(7-11)20-3/h4-7,10H,8-9H2,1-3H3,(H,15,19)(H,17,18). The third kappa shape index (κ3) is 4.79. The lowest BCUT2D eigenvalue weighted by Crippen LogP contribution is -2.40. The molecule has 0 saturated carbocycles. The van der Waals surface area contributed by atoms with Crippen molar-refractivity contribution in [2.45, 2.75) is 13.5 Å². The molecule has 1 rings (SSSR count). The molecule has 0 heterocycles. The largest absolute Gasteiger partial charge is 0.497 e. The molecule has 6 heteroatoms. The molecule has 0 saturated heterocycles. The molecule has 0 aliphatic rings. The predicted molar refractivity (Wildman–Crippen MR) is 74.7 cm³/mol. The highest BCUT2D eigenvalue weighted by molar-refractivity contribution is 5.75. The number of nitrogens with one attached hydrogen (secondary N) is 1. The number of carbonyl (C=O) groups is 2. The van der Waals surface area contributed by atoms with Gasteiger partial charge in [0, 0.05) is 20.1 Å². The number of nitrogens with zero attached hydrogens (tertiary/aromatic N) is 1. The van der Waals surface area contributed by atoms with Crippen LogP contribution in [0.25, 0.3) is 0 Å². The van der Waals surface area contributed by atoms with Gasteiger partial charge in [-0.1, -0.05) is 19.1 Å². The van der Waals surface area contributed by atoms with E-state index in [-0.39, 0.29) is 12.6 Å². The third-order valence-corrected chi connectivity index (χ3v) is 2.88. The van der Waals surface area contributed by atoms with Crippen molar-refractivity contribution in [3.8, 4) is 5.75 Å². The van der Waals surface area contributed by atoms with Gasteiger partial charge in [-0.15, -0.1) is 0 Å². The molecule has 2 amide bonds. The van der Waals surface area contributed by atoms with E-state index in [1.54, 1.807) is 21.1 Å². The number of aliphatic carboxylic acids is 1. The fraction of sp³-hybridized carbons (Fsp3) is 0.429. The van der Waals surface area contributed by atoms with Crippen LogP contribution >= 0.6 is 0 Å². The maximum absolute atomic E-state index is 11.8. The number of carboxylic acid groups (broad SMARTS) is 1. The molecule has 6 nitrogen and oxygen atoms in total. The lowest BCUT2D eigenvalue weighted by molar-refractivity contribution is -0.140. The number of hydrogen-bond acceptors (Lipinski definition) is 3. The SMILES string of the molecule is COc1cccc(CN(C)C(=O)NCC(C)C(=O)O)c1. The second-order valence-electron chi connectivity index (χ2n) is 4.63. The molecule has 0 aromatic heterocycles. The normalized spacial score (nSPS) is 11.6. The lowest BCUT2D eigenvalue weighted by atomic mass is 10.2. The molecule has 0 spiro atoms. The number of ether oxygens (including phenoxy) is 1. The average Bonchev–Trinajstić information content (AvgIpc) is 2.44. The van der Waals surface area contributed by atoms with E-state index < -0.39 is 11.9 Å². The Kier molecular flexibility index (Phi) is 5.83. The highest BCUT2D eigenvalue weighted by Crippen LogP contribution is 2.13. The lowest BCUT2D eigenvalue weighted by Gasteiger charge is -2.19. The topological polar surface area (TPSA) is 78.9 Å². The molecule has 0 aliphatic heterocycles. The molecule has 1 aromatic carbocycles. The summed E-state index contributed by atoms with van der Waals surface area (Å²) in [6.45, 7) is 2.08. The Morgan fingerprint density at radius 3 is 2.75 bits per heavy atom. The van der Waals surface area contributed by atoms with E-state index >= 15 is 0 Å². The summed E-state index contributed by atoms with van der Waals surface area (Å²) in [4.78, 5) is 24.0. The number of urea groups is 1. The van der Waals surface area contributed by atoms with Crippen LogP contribution in [0.15, 0.2) is 24.3 Å². The minimum absolute atomic E-state index is 0.108. The monoisotopic (exact) mass is 280 g/mol. The quantitative estimate of drug-likeness (QED) is 0.828. The second-order valence-corrected chi connectivity index (χ2v) is 4.63. The Labute approximate surface area is 118 Å². The van der Waals surface area contributed by atoms with Gasteiger partial charge in [-0.2, -0.15) is 0 Å². The number of carboxylic acids is 1. The highest BCUT2D eigenvalue weighted by Gasteiger charge is 2.14. The van der Waals surface area contributed by atoms with Crippen LogP contribution in [0.4, 0.5) is 4.79 Å². The maximum Gasteiger partial charge on any atom is 0.317 e. The number of amides is 2. The van der Waals surface area contributed by atoms with Gasteiger partial charge in [0.05, 0.1) is 13.0 Å². The molecule has 1 aromatic rings. The smallest absolute Gasteiger partial charge is 0.317 e. The third-order valence-electron chi connectivity index (χ3n) is 2.88. The van der Waals surface area contributed by atoms with Gasteiger partial charge in [-0.25, -0.2) is 4.79 Å². The van der Waals surface area contributed by atoms with E-state index in [1.807, 2.05) is 24.3 Å². The Balaban J connectivity index is 2.50. The van der Waals surface area contributed by atoms with Crippen LogP contribution in [0.5, 0.6) is 5.75 Å². The predicted octanol–water partition coefficient (Wildman–Crippen LogP) is 1.56. The Morgan fingerprint density at radius 2 is 2.15 bits per heavy atom. The van der Waals surface area contributed by atoms with Crippen molar-refractivity contribution in [1.29, 1.82) is 0 Å². The van der Waals surface area contributed by atoms with Gasteiger partial charge in [0.15, 0.2) is 0 Å². The first kappa shape index (κ1) is 15.8. The van der Waals surface area contributed by atoms with Gasteiger partial charge < -0.3 is 20.1 Å². The zero-order chi connectivity index (χ0) is 15.1. The van der Waals surface area contributed by atoms with Gasteiger partial charge >= 0.3 is 12.0 Å². The summed E-state index contributed by atoms with van der Waals surface area (Å²) >= 11 is 0. The van der Waals surface area contributed by atoms with E-state index in [9.17, 15) is 9.59 Å². The van der Waals surface area contributed by atoms with Crippen molar-refractivity contribution < 1.29 is 19.4 Å². The van der Waals surface area contributed by atoms with E-state index in [4.69, 9.17) is 9.84 Å². The van der Waals surface area contributed by atoms with Crippen molar-refractivity contribution in [2.75, 3.05) is 20.7 Å². The zero-order valence-electron chi connectivity index (χ0n) is 11.9. The summed E-state index contributed by atoms with van der Waals surface area (Å²) < 4.78 is 5.12. The first-order valence-electron chi connectivity index (χ1n) is 6.28. The van der Waals surface area contributed by atoms with Crippen molar-refractivity contribution >= 4 is 12.0 Å². The molecule has 20 heavy (non-hydrogen) atoms. The summed E-state index contributed by atoms with van der Waals surface area (Å²) in [5, 5.41) is 11.3. The Bertz CT molecular complexity index is 476.